The van der Waals surface area contributed by atoms with E-state index < -0.39 is 0 Å². The number of hydrogen-bond donors (Lipinski definition) is 1. The second-order valence-electron chi connectivity index (χ2n) is 4.68. The van der Waals surface area contributed by atoms with Gasteiger partial charge in [0.15, 0.2) is 0 Å². The topological polar surface area (TPSA) is 36.4 Å². The Morgan fingerprint density at radius 2 is 2.19 bits per heavy atom. The number of aromatic nitrogens is 1. The molecule has 1 fully saturated rings. The third-order valence-electron chi connectivity index (χ3n) is 3.22. The maximum atomic E-state index is 9.33. The van der Waals surface area contributed by atoms with Crippen LogP contribution >= 0.6 is 0 Å². The van der Waals surface area contributed by atoms with E-state index in [4.69, 9.17) is 0 Å². The highest BCUT2D eigenvalue weighted by atomic mass is 16.3. The standard InChI is InChI=1S/C13H20N2O/c1-11(16)10-15-8-5-12(6-9-15)13-4-2-3-7-14-13/h2-4,7,11-12,16H,5-6,8-10H2,1H3. The van der Waals surface area contributed by atoms with Gasteiger partial charge in [-0.2, -0.15) is 0 Å². The number of nitrogens with zero attached hydrogens (tertiary/aromatic N) is 2. The fourth-order valence-electron chi connectivity index (χ4n) is 2.40. The van der Waals surface area contributed by atoms with E-state index in [9.17, 15) is 5.11 Å². The zero-order valence-corrected chi connectivity index (χ0v) is 9.84. The van der Waals surface area contributed by atoms with Crippen molar-refractivity contribution in [1.29, 1.82) is 0 Å². The molecule has 88 valence electrons. The predicted octanol–water partition coefficient (Wildman–Crippen LogP) is 1.64. The number of β-amino-alcohol motifs (C(OH)–C–C–N with tert-alkyl or cyclic N) is 1. The van der Waals surface area contributed by atoms with Crippen molar-refractivity contribution in [1.82, 2.24) is 9.88 Å². The van der Waals surface area contributed by atoms with Gasteiger partial charge in [0, 0.05) is 24.4 Å². The van der Waals surface area contributed by atoms with Gasteiger partial charge in [-0.15, -0.1) is 0 Å². The predicted molar refractivity (Wildman–Crippen MR) is 64.3 cm³/mol. The quantitative estimate of drug-likeness (QED) is 0.841. The van der Waals surface area contributed by atoms with E-state index in [0.29, 0.717) is 5.92 Å². The molecule has 0 saturated carbocycles. The molecule has 0 aromatic carbocycles. The van der Waals surface area contributed by atoms with E-state index in [0.717, 1.165) is 32.5 Å². The van der Waals surface area contributed by atoms with Crippen LogP contribution in [-0.2, 0) is 0 Å². The summed E-state index contributed by atoms with van der Waals surface area (Å²) in [7, 11) is 0. The first-order valence-electron chi connectivity index (χ1n) is 6.07. The van der Waals surface area contributed by atoms with Crippen LogP contribution in [0.15, 0.2) is 24.4 Å². The molecule has 1 aliphatic heterocycles. The summed E-state index contributed by atoms with van der Waals surface area (Å²) in [5.41, 5.74) is 1.22. The summed E-state index contributed by atoms with van der Waals surface area (Å²) in [5, 5.41) is 9.33. The number of piperidine rings is 1. The van der Waals surface area contributed by atoms with Crippen LogP contribution in [0.5, 0.6) is 0 Å². The van der Waals surface area contributed by atoms with Gasteiger partial charge in [-0.25, -0.2) is 0 Å². The van der Waals surface area contributed by atoms with Gasteiger partial charge in [-0.05, 0) is 45.0 Å². The van der Waals surface area contributed by atoms with Crippen LogP contribution < -0.4 is 0 Å². The summed E-state index contributed by atoms with van der Waals surface area (Å²) in [6, 6.07) is 6.14. The van der Waals surface area contributed by atoms with Crippen molar-refractivity contribution in [2.45, 2.75) is 31.8 Å². The summed E-state index contributed by atoms with van der Waals surface area (Å²) in [5.74, 6) is 0.603. The van der Waals surface area contributed by atoms with Crippen molar-refractivity contribution < 1.29 is 5.11 Å². The summed E-state index contributed by atoms with van der Waals surface area (Å²) in [4.78, 5) is 6.76. The normalized spacial score (nSPS) is 20.9. The zero-order chi connectivity index (χ0) is 11.4. The average molecular weight is 220 g/mol. The lowest BCUT2D eigenvalue weighted by Crippen LogP contribution is -2.37. The number of rotatable bonds is 3. The van der Waals surface area contributed by atoms with Crippen LogP contribution in [0.2, 0.25) is 0 Å². The highest BCUT2D eigenvalue weighted by molar-refractivity contribution is 5.10. The molecule has 0 spiro atoms. The van der Waals surface area contributed by atoms with Crippen LogP contribution in [0, 0.1) is 0 Å². The third kappa shape index (κ3) is 3.03. The highest BCUT2D eigenvalue weighted by Gasteiger charge is 2.21. The second-order valence-corrected chi connectivity index (χ2v) is 4.68. The smallest absolute Gasteiger partial charge is 0.0639 e. The number of aliphatic hydroxyl groups excluding tert-OH is 1. The minimum Gasteiger partial charge on any atom is -0.392 e. The molecule has 1 aromatic rings. The molecule has 1 saturated heterocycles. The highest BCUT2D eigenvalue weighted by Crippen LogP contribution is 2.26. The van der Waals surface area contributed by atoms with Gasteiger partial charge in [0.2, 0.25) is 0 Å². The van der Waals surface area contributed by atoms with Gasteiger partial charge >= 0.3 is 0 Å². The Labute approximate surface area is 97.1 Å². The SMILES string of the molecule is CC(O)CN1CCC(c2ccccn2)CC1. The molecule has 1 N–H and O–H groups in total. The van der Waals surface area contributed by atoms with Crippen LogP contribution in [0.4, 0.5) is 0 Å². The molecule has 1 aliphatic rings. The van der Waals surface area contributed by atoms with Crippen LogP contribution in [0.25, 0.3) is 0 Å². The van der Waals surface area contributed by atoms with Crippen LogP contribution in [-0.4, -0.2) is 40.7 Å². The molecular formula is C13H20N2O. The van der Waals surface area contributed by atoms with E-state index in [1.807, 2.05) is 19.2 Å². The van der Waals surface area contributed by atoms with Crippen molar-refractivity contribution in [3.63, 3.8) is 0 Å². The van der Waals surface area contributed by atoms with E-state index in [2.05, 4.69) is 22.0 Å². The number of hydrogen-bond acceptors (Lipinski definition) is 3. The summed E-state index contributed by atoms with van der Waals surface area (Å²) >= 11 is 0. The monoisotopic (exact) mass is 220 g/mol. The first-order chi connectivity index (χ1) is 7.75. The van der Waals surface area contributed by atoms with Gasteiger partial charge in [-0.3, -0.25) is 4.98 Å². The van der Waals surface area contributed by atoms with E-state index in [1.165, 1.54) is 5.69 Å². The van der Waals surface area contributed by atoms with Crippen LogP contribution in [0.3, 0.4) is 0 Å². The minimum absolute atomic E-state index is 0.216. The molecular weight excluding hydrogens is 200 g/mol. The van der Waals surface area contributed by atoms with E-state index >= 15 is 0 Å². The first-order valence-corrected chi connectivity index (χ1v) is 6.07. The largest absolute Gasteiger partial charge is 0.392 e. The molecule has 16 heavy (non-hydrogen) atoms. The molecule has 0 bridgehead atoms. The lowest BCUT2D eigenvalue weighted by molar-refractivity contribution is 0.109. The summed E-state index contributed by atoms with van der Waals surface area (Å²) in [6.07, 6.45) is 3.97. The molecule has 0 amide bonds. The zero-order valence-electron chi connectivity index (χ0n) is 9.84. The summed E-state index contributed by atoms with van der Waals surface area (Å²) < 4.78 is 0. The molecule has 3 heteroatoms. The molecule has 0 radical (unpaired) electrons. The molecule has 1 unspecified atom stereocenters. The van der Waals surface area contributed by atoms with Crippen molar-refractivity contribution in [2.75, 3.05) is 19.6 Å². The Bertz CT molecular complexity index is 305. The second kappa shape index (κ2) is 5.41. The Hall–Kier alpha value is -0.930. The maximum Gasteiger partial charge on any atom is 0.0639 e. The minimum atomic E-state index is -0.216. The number of aliphatic hydroxyl groups is 1. The van der Waals surface area contributed by atoms with Gasteiger partial charge in [0.25, 0.3) is 0 Å². The molecule has 2 rings (SSSR count). The maximum absolute atomic E-state index is 9.33. The fraction of sp³-hybridized carbons (Fsp3) is 0.615. The first kappa shape index (κ1) is 11.6. The number of likely N-dealkylation sites (tertiary alicyclic amines) is 1. The molecule has 0 aliphatic carbocycles. The fourth-order valence-corrected chi connectivity index (χ4v) is 2.40. The Balaban J connectivity index is 1.86. The van der Waals surface area contributed by atoms with E-state index in [-0.39, 0.29) is 6.10 Å². The summed E-state index contributed by atoms with van der Waals surface area (Å²) in [6.45, 7) is 4.80. The van der Waals surface area contributed by atoms with Crippen molar-refractivity contribution in [3.8, 4) is 0 Å². The van der Waals surface area contributed by atoms with Gasteiger partial charge in [-0.1, -0.05) is 6.07 Å². The van der Waals surface area contributed by atoms with Gasteiger partial charge in [0.1, 0.15) is 0 Å². The number of pyridine rings is 1. The lowest BCUT2D eigenvalue weighted by atomic mass is 9.93. The lowest BCUT2D eigenvalue weighted by Gasteiger charge is -2.32. The third-order valence-corrected chi connectivity index (χ3v) is 3.22. The average Bonchev–Trinajstić information content (AvgIpc) is 2.30. The molecule has 1 aromatic heterocycles. The van der Waals surface area contributed by atoms with Crippen LogP contribution in [0.1, 0.15) is 31.4 Å². The Morgan fingerprint density at radius 1 is 1.44 bits per heavy atom. The molecule has 2 heterocycles. The van der Waals surface area contributed by atoms with Crippen molar-refractivity contribution >= 4 is 0 Å². The van der Waals surface area contributed by atoms with Crippen molar-refractivity contribution in [3.05, 3.63) is 30.1 Å². The van der Waals surface area contributed by atoms with Gasteiger partial charge in [0.05, 0.1) is 6.10 Å². The van der Waals surface area contributed by atoms with Gasteiger partial charge < -0.3 is 10.0 Å². The van der Waals surface area contributed by atoms with E-state index in [1.54, 1.807) is 0 Å². The van der Waals surface area contributed by atoms with Crippen molar-refractivity contribution in [2.24, 2.45) is 0 Å². The molecule has 3 nitrogen and oxygen atoms in total. The molecule has 1 atom stereocenters. The Morgan fingerprint density at radius 3 is 2.75 bits per heavy atom. The Kier molecular flexibility index (Phi) is 3.91.